The van der Waals surface area contributed by atoms with Crippen LogP contribution in [-0.4, -0.2) is 44.1 Å². The maximum absolute atomic E-state index is 11.7. The van der Waals surface area contributed by atoms with E-state index in [1.54, 1.807) is 12.1 Å². The molecule has 0 aromatic heterocycles. The molecule has 0 bridgehead atoms. The first kappa shape index (κ1) is 19.9. The summed E-state index contributed by atoms with van der Waals surface area (Å²) in [4.78, 5) is 15.9. The van der Waals surface area contributed by atoms with Gasteiger partial charge in [-0.1, -0.05) is 34.8 Å². The number of benzene rings is 1. The number of hydrogen-bond acceptors (Lipinski definition) is 3. The highest BCUT2D eigenvalue weighted by atomic mass is 35.5. The molecule has 6 nitrogen and oxygen atoms in total. The summed E-state index contributed by atoms with van der Waals surface area (Å²) in [5, 5.41) is 10.2. The van der Waals surface area contributed by atoms with Crippen LogP contribution < -0.4 is 20.7 Å². The van der Waals surface area contributed by atoms with Crippen molar-refractivity contribution in [1.29, 1.82) is 0 Å². The Balaban J connectivity index is 1.77. The lowest BCUT2D eigenvalue weighted by molar-refractivity contribution is -0.119. The smallest absolute Gasteiger partial charge is 0.242 e. The summed E-state index contributed by atoms with van der Waals surface area (Å²) in [6.45, 7) is 3.50. The molecule has 0 unspecified atom stereocenters. The Morgan fingerprint density at radius 3 is 2.52 bits per heavy atom. The van der Waals surface area contributed by atoms with Crippen LogP contribution in [0.25, 0.3) is 0 Å². The van der Waals surface area contributed by atoms with Crippen LogP contribution in [0.15, 0.2) is 17.1 Å². The van der Waals surface area contributed by atoms with Gasteiger partial charge in [0.05, 0.1) is 16.6 Å². The maximum atomic E-state index is 11.7. The number of guanidine groups is 1. The second kappa shape index (κ2) is 9.94. The number of nitrogens with zero attached hydrogens (tertiary/aromatic N) is 1. The number of hydrogen-bond donors (Lipinski definition) is 3. The number of rotatable bonds is 8. The fourth-order valence-corrected chi connectivity index (χ4v) is 2.91. The van der Waals surface area contributed by atoms with Crippen LogP contribution in [0.2, 0.25) is 15.1 Å². The van der Waals surface area contributed by atoms with Gasteiger partial charge in [0, 0.05) is 17.6 Å². The molecule has 1 aliphatic rings. The zero-order valence-electron chi connectivity index (χ0n) is 13.9. The maximum Gasteiger partial charge on any atom is 0.242 e. The molecule has 1 amide bonds. The number of carbonyl (C=O) groups excluding carboxylic acids is 1. The summed E-state index contributed by atoms with van der Waals surface area (Å²) < 4.78 is 5.59. The lowest BCUT2D eigenvalue weighted by Crippen LogP contribution is -2.40. The molecule has 0 heterocycles. The van der Waals surface area contributed by atoms with Crippen LogP contribution in [-0.2, 0) is 4.79 Å². The average Bonchev–Trinajstić information content (AvgIpc) is 3.34. The normalized spacial score (nSPS) is 14.2. The highest BCUT2D eigenvalue weighted by Crippen LogP contribution is 2.35. The van der Waals surface area contributed by atoms with Gasteiger partial charge in [0.25, 0.3) is 0 Å². The molecular formula is C16H21Cl3N4O2. The van der Waals surface area contributed by atoms with Crippen LogP contribution in [0.4, 0.5) is 0 Å². The first-order chi connectivity index (χ1) is 12.0. The van der Waals surface area contributed by atoms with E-state index >= 15 is 0 Å². The summed E-state index contributed by atoms with van der Waals surface area (Å²) in [5.74, 6) is 0.862. The fourth-order valence-electron chi connectivity index (χ4n) is 1.98. The monoisotopic (exact) mass is 406 g/mol. The first-order valence-electron chi connectivity index (χ1n) is 8.08. The molecule has 0 spiro atoms. The van der Waals surface area contributed by atoms with E-state index in [-0.39, 0.29) is 12.5 Å². The summed E-state index contributed by atoms with van der Waals surface area (Å²) in [5.41, 5.74) is 0. The van der Waals surface area contributed by atoms with E-state index in [0.29, 0.717) is 52.5 Å². The number of halogens is 3. The minimum atomic E-state index is -0.0734. The fraction of sp³-hybridized carbons (Fsp3) is 0.500. The molecule has 3 N–H and O–H groups in total. The lowest BCUT2D eigenvalue weighted by Gasteiger charge is -2.13. The van der Waals surface area contributed by atoms with Gasteiger partial charge in [-0.25, -0.2) is 4.99 Å². The summed E-state index contributed by atoms with van der Waals surface area (Å²) >= 11 is 18.0. The van der Waals surface area contributed by atoms with Crippen molar-refractivity contribution >= 4 is 46.7 Å². The van der Waals surface area contributed by atoms with Crippen molar-refractivity contribution in [3.8, 4) is 5.75 Å². The molecule has 9 heteroatoms. The third-order valence-corrected chi connectivity index (χ3v) is 4.05. The van der Waals surface area contributed by atoms with Gasteiger partial charge >= 0.3 is 0 Å². The van der Waals surface area contributed by atoms with Crippen molar-refractivity contribution in [2.45, 2.75) is 25.8 Å². The number of amides is 1. The molecule has 138 valence electrons. The van der Waals surface area contributed by atoms with E-state index in [4.69, 9.17) is 39.5 Å². The van der Waals surface area contributed by atoms with Crippen molar-refractivity contribution in [3.63, 3.8) is 0 Å². The van der Waals surface area contributed by atoms with Gasteiger partial charge < -0.3 is 20.7 Å². The minimum absolute atomic E-state index is 0.0734. The standard InChI is InChI=1S/C16H21Cl3N4O2/c1-2-20-16(22-9-14(24)23-11-3-4-11)21-5-6-25-15-12(18)7-10(17)8-13(15)19/h7-8,11H,2-6,9H2,1H3,(H,23,24)(H2,20,21,22). The van der Waals surface area contributed by atoms with Crippen molar-refractivity contribution in [1.82, 2.24) is 16.0 Å². The molecule has 0 radical (unpaired) electrons. The Morgan fingerprint density at radius 2 is 1.92 bits per heavy atom. The van der Waals surface area contributed by atoms with Gasteiger partial charge in [-0.15, -0.1) is 0 Å². The van der Waals surface area contributed by atoms with Crippen LogP contribution in [0.5, 0.6) is 5.75 Å². The molecule has 25 heavy (non-hydrogen) atoms. The number of carbonyl (C=O) groups is 1. The van der Waals surface area contributed by atoms with E-state index in [9.17, 15) is 4.79 Å². The zero-order valence-corrected chi connectivity index (χ0v) is 16.1. The predicted molar refractivity (Wildman–Crippen MR) is 102 cm³/mol. The number of nitrogens with one attached hydrogen (secondary N) is 3. The largest absolute Gasteiger partial charge is 0.489 e. The van der Waals surface area contributed by atoms with Crippen molar-refractivity contribution in [2.75, 3.05) is 26.2 Å². The van der Waals surface area contributed by atoms with Gasteiger partial charge in [0.1, 0.15) is 13.2 Å². The third kappa shape index (κ3) is 7.18. The van der Waals surface area contributed by atoms with Crippen molar-refractivity contribution in [2.24, 2.45) is 4.99 Å². The SMILES string of the molecule is CCNC(=NCC(=O)NC1CC1)NCCOc1c(Cl)cc(Cl)cc1Cl. The van der Waals surface area contributed by atoms with Crippen LogP contribution in [0.1, 0.15) is 19.8 Å². The molecule has 0 atom stereocenters. The van der Waals surface area contributed by atoms with Crippen molar-refractivity contribution < 1.29 is 9.53 Å². The molecular weight excluding hydrogens is 387 g/mol. The lowest BCUT2D eigenvalue weighted by atomic mass is 10.3. The first-order valence-corrected chi connectivity index (χ1v) is 9.22. The van der Waals surface area contributed by atoms with Gasteiger partial charge in [0.15, 0.2) is 11.7 Å². The third-order valence-electron chi connectivity index (χ3n) is 3.27. The summed E-state index contributed by atoms with van der Waals surface area (Å²) in [7, 11) is 0. The highest BCUT2D eigenvalue weighted by Gasteiger charge is 2.22. The zero-order chi connectivity index (χ0) is 18.2. The van der Waals surface area contributed by atoms with E-state index in [0.717, 1.165) is 12.8 Å². The van der Waals surface area contributed by atoms with Gasteiger partial charge in [0.2, 0.25) is 5.91 Å². The summed E-state index contributed by atoms with van der Waals surface area (Å²) in [6.07, 6.45) is 2.11. The predicted octanol–water partition coefficient (Wildman–Crippen LogP) is 2.86. The Kier molecular flexibility index (Phi) is 7.93. The van der Waals surface area contributed by atoms with Crippen LogP contribution >= 0.6 is 34.8 Å². The molecule has 2 rings (SSSR count). The van der Waals surface area contributed by atoms with Crippen molar-refractivity contribution in [3.05, 3.63) is 27.2 Å². The molecule has 1 saturated carbocycles. The minimum Gasteiger partial charge on any atom is -0.489 e. The molecule has 1 aliphatic carbocycles. The second-order valence-corrected chi connectivity index (χ2v) is 6.76. The quantitative estimate of drug-likeness (QED) is 0.352. The van der Waals surface area contributed by atoms with Gasteiger partial charge in [-0.3, -0.25) is 4.79 Å². The Labute approximate surface area is 162 Å². The molecule has 1 aromatic carbocycles. The number of ether oxygens (including phenoxy) is 1. The molecule has 0 aliphatic heterocycles. The summed E-state index contributed by atoms with van der Waals surface area (Å²) in [6, 6.07) is 3.48. The van der Waals surface area contributed by atoms with Crippen LogP contribution in [0.3, 0.4) is 0 Å². The molecule has 0 saturated heterocycles. The van der Waals surface area contributed by atoms with Crippen LogP contribution in [0, 0.1) is 0 Å². The van der Waals surface area contributed by atoms with Gasteiger partial charge in [-0.05, 0) is 31.9 Å². The average molecular weight is 408 g/mol. The Hall–Kier alpha value is -1.37. The Morgan fingerprint density at radius 1 is 1.24 bits per heavy atom. The van der Waals surface area contributed by atoms with E-state index < -0.39 is 0 Å². The Bertz CT molecular complexity index is 613. The molecule has 1 fully saturated rings. The van der Waals surface area contributed by atoms with E-state index in [1.165, 1.54) is 0 Å². The van der Waals surface area contributed by atoms with E-state index in [1.807, 2.05) is 6.92 Å². The van der Waals surface area contributed by atoms with Gasteiger partial charge in [-0.2, -0.15) is 0 Å². The highest BCUT2D eigenvalue weighted by molar-refractivity contribution is 6.40. The second-order valence-electron chi connectivity index (χ2n) is 5.51. The van der Waals surface area contributed by atoms with E-state index in [2.05, 4.69) is 20.9 Å². The molecule has 1 aromatic rings. The number of aliphatic imine (C=N–C) groups is 1. The topological polar surface area (TPSA) is 74.8 Å².